The van der Waals surface area contributed by atoms with Crippen molar-refractivity contribution >= 4 is 5.96 Å². The average molecular weight is 333 g/mol. The van der Waals surface area contributed by atoms with Gasteiger partial charge in [-0.3, -0.25) is 4.99 Å². The van der Waals surface area contributed by atoms with Crippen LogP contribution < -0.4 is 10.6 Å². The molecule has 5 nitrogen and oxygen atoms in total. The Kier molecular flexibility index (Phi) is 6.37. The van der Waals surface area contributed by atoms with Gasteiger partial charge >= 0.3 is 0 Å². The molecular formula is C18H24FN3O2. The van der Waals surface area contributed by atoms with Crippen molar-refractivity contribution < 1.29 is 13.9 Å². The summed E-state index contributed by atoms with van der Waals surface area (Å²) in [7, 11) is 0. The number of aliphatic hydroxyl groups is 1. The molecule has 130 valence electrons. The van der Waals surface area contributed by atoms with Crippen LogP contribution in [0.2, 0.25) is 0 Å². The van der Waals surface area contributed by atoms with Crippen LogP contribution in [0.3, 0.4) is 0 Å². The first-order chi connectivity index (χ1) is 11.5. The quantitative estimate of drug-likeness (QED) is 0.561. The van der Waals surface area contributed by atoms with E-state index in [1.807, 2.05) is 32.9 Å². The number of nitrogens with zero attached hydrogens (tertiary/aromatic N) is 1. The molecule has 1 aromatic carbocycles. The number of aliphatic hydroxyl groups excluding tert-OH is 1. The first kappa shape index (κ1) is 18.0. The number of aliphatic imine (C=N–C) groups is 1. The molecule has 1 aromatic heterocycles. The summed E-state index contributed by atoms with van der Waals surface area (Å²) in [6.45, 7) is 6.52. The largest absolute Gasteiger partial charge is 0.464 e. The smallest absolute Gasteiger partial charge is 0.191 e. The van der Waals surface area contributed by atoms with Crippen molar-refractivity contribution in [3.63, 3.8) is 0 Å². The Bertz CT molecular complexity index is 684. The predicted octanol–water partition coefficient (Wildman–Crippen LogP) is 3.08. The van der Waals surface area contributed by atoms with Gasteiger partial charge in [0.15, 0.2) is 5.96 Å². The van der Waals surface area contributed by atoms with Gasteiger partial charge in [-0.1, -0.05) is 18.2 Å². The molecule has 24 heavy (non-hydrogen) atoms. The van der Waals surface area contributed by atoms with Gasteiger partial charge in [0.2, 0.25) is 0 Å². The molecule has 2 atom stereocenters. The van der Waals surface area contributed by atoms with Crippen molar-refractivity contribution in [2.24, 2.45) is 4.99 Å². The highest BCUT2D eigenvalue weighted by molar-refractivity contribution is 5.80. The molecule has 0 aliphatic heterocycles. The maximum atomic E-state index is 13.7. The molecule has 3 N–H and O–H groups in total. The number of hydrogen-bond acceptors (Lipinski definition) is 3. The zero-order valence-corrected chi connectivity index (χ0v) is 14.2. The van der Waals surface area contributed by atoms with Crippen molar-refractivity contribution in [3.05, 3.63) is 59.3 Å². The fourth-order valence-corrected chi connectivity index (χ4v) is 2.30. The number of benzene rings is 1. The molecule has 0 saturated heterocycles. The van der Waals surface area contributed by atoms with Crippen LogP contribution in [0.4, 0.5) is 4.39 Å². The highest BCUT2D eigenvalue weighted by Crippen LogP contribution is 2.17. The van der Waals surface area contributed by atoms with Gasteiger partial charge in [0.05, 0.1) is 12.6 Å². The molecule has 0 aliphatic carbocycles. The van der Waals surface area contributed by atoms with Gasteiger partial charge in [0.1, 0.15) is 23.4 Å². The molecular weight excluding hydrogens is 309 g/mol. The Morgan fingerprint density at radius 2 is 2.04 bits per heavy atom. The lowest BCUT2D eigenvalue weighted by Crippen LogP contribution is -2.39. The summed E-state index contributed by atoms with van der Waals surface area (Å²) in [6.07, 6.45) is -0.997. The lowest BCUT2D eigenvalue weighted by molar-refractivity contribution is 0.182. The molecule has 0 spiro atoms. The normalized spacial score (nSPS) is 14.3. The standard InChI is InChI=1S/C18H24FN3O2/c1-4-20-18(22-13(3)17-10-9-12(2)24-17)21-11-16(23)14-7-5-6-8-15(14)19/h5-10,13,16,23H,4,11H2,1-3H3,(H2,20,21,22). The number of guanidine groups is 1. The third kappa shape index (κ3) is 4.83. The molecule has 0 radical (unpaired) electrons. The van der Waals surface area contributed by atoms with E-state index in [1.54, 1.807) is 18.2 Å². The van der Waals surface area contributed by atoms with E-state index in [9.17, 15) is 9.50 Å². The highest BCUT2D eigenvalue weighted by Gasteiger charge is 2.14. The van der Waals surface area contributed by atoms with Gasteiger partial charge in [0.25, 0.3) is 0 Å². The molecule has 1 heterocycles. The SMILES string of the molecule is CCNC(=NCC(O)c1ccccc1F)NC(C)c1ccc(C)o1. The van der Waals surface area contributed by atoms with Crippen LogP contribution in [-0.4, -0.2) is 24.2 Å². The number of hydrogen-bond donors (Lipinski definition) is 3. The van der Waals surface area contributed by atoms with E-state index < -0.39 is 11.9 Å². The molecule has 2 unspecified atom stereocenters. The van der Waals surface area contributed by atoms with Gasteiger partial charge < -0.3 is 20.2 Å². The van der Waals surface area contributed by atoms with Crippen molar-refractivity contribution in [3.8, 4) is 0 Å². The van der Waals surface area contributed by atoms with Crippen LogP contribution >= 0.6 is 0 Å². The Morgan fingerprint density at radius 3 is 2.67 bits per heavy atom. The summed E-state index contributed by atoms with van der Waals surface area (Å²) in [6, 6.07) is 9.90. The Morgan fingerprint density at radius 1 is 1.29 bits per heavy atom. The van der Waals surface area contributed by atoms with Crippen molar-refractivity contribution in [1.29, 1.82) is 0 Å². The van der Waals surface area contributed by atoms with Gasteiger partial charge in [-0.15, -0.1) is 0 Å². The predicted molar refractivity (Wildman–Crippen MR) is 92.3 cm³/mol. The van der Waals surface area contributed by atoms with Gasteiger partial charge in [-0.2, -0.15) is 0 Å². The number of halogens is 1. The minimum atomic E-state index is -0.997. The summed E-state index contributed by atoms with van der Waals surface area (Å²) in [5, 5.41) is 16.5. The molecule has 2 aromatic rings. The third-order valence-corrected chi connectivity index (χ3v) is 3.57. The van der Waals surface area contributed by atoms with Crippen LogP contribution in [-0.2, 0) is 0 Å². The van der Waals surface area contributed by atoms with Crippen molar-refractivity contribution in [2.45, 2.75) is 32.9 Å². The minimum Gasteiger partial charge on any atom is -0.464 e. The minimum absolute atomic E-state index is 0.0557. The summed E-state index contributed by atoms with van der Waals surface area (Å²) >= 11 is 0. The van der Waals surface area contributed by atoms with E-state index in [2.05, 4.69) is 15.6 Å². The number of nitrogens with one attached hydrogen (secondary N) is 2. The Balaban J connectivity index is 2.03. The first-order valence-electron chi connectivity index (χ1n) is 8.05. The lowest BCUT2D eigenvalue weighted by atomic mass is 10.1. The lowest BCUT2D eigenvalue weighted by Gasteiger charge is -2.17. The fraction of sp³-hybridized carbons (Fsp3) is 0.389. The molecule has 6 heteroatoms. The van der Waals surface area contributed by atoms with Crippen LogP contribution in [0.1, 0.15) is 43.1 Å². The van der Waals surface area contributed by atoms with E-state index in [0.29, 0.717) is 12.5 Å². The van der Waals surface area contributed by atoms with Crippen LogP contribution in [0.5, 0.6) is 0 Å². The van der Waals surface area contributed by atoms with E-state index in [0.717, 1.165) is 11.5 Å². The molecule has 0 fully saturated rings. The first-order valence-corrected chi connectivity index (χ1v) is 8.05. The maximum absolute atomic E-state index is 13.7. The zero-order chi connectivity index (χ0) is 17.5. The van der Waals surface area contributed by atoms with E-state index >= 15 is 0 Å². The number of furan rings is 1. The summed E-state index contributed by atoms with van der Waals surface area (Å²) in [4.78, 5) is 4.34. The average Bonchev–Trinajstić information content (AvgIpc) is 2.99. The topological polar surface area (TPSA) is 69.8 Å². The Hall–Kier alpha value is -2.34. The summed E-state index contributed by atoms with van der Waals surface area (Å²) < 4.78 is 19.3. The third-order valence-electron chi connectivity index (χ3n) is 3.57. The van der Waals surface area contributed by atoms with Crippen LogP contribution in [0.15, 0.2) is 45.8 Å². The molecule has 2 rings (SSSR count). The zero-order valence-electron chi connectivity index (χ0n) is 14.2. The van der Waals surface area contributed by atoms with Crippen LogP contribution in [0, 0.1) is 12.7 Å². The molecule has 0 bridgehead atoms. The van der Waals surface area contributed by atoms with Gasteiger partial charge in [0, 0.05) is 12.1 Å². The second-order valence-corrected chi connectivity index (χ2v) is 5.57. The number of aryl methyl sites for hydroxylation is 1. The molecule has 0 amide bonds. The fourth-order valence-electron chi connectivity index (χ4n) is 2.30. The van der Waals surface area contributed by atoms with E-state index in [4.69, 9.17) is 4.42 Å². The highest BCUT2D eigenvalue weighted by atomic mass is 19.1. The molecule has 0 aliphatic rings. The van der Waals surface area contributed by atoms with Crippen molar-refractivity contribution in [1.82, 2.24) is 10.6 Å². The van der Waals surface area contributed by atoms with E-state index in [1.165, 1.54) is 6.07 Å². The number of rotatable bonds is 6. The molecule has 0 saturated carbocycles. The van der Waals surface area contributed by atoms with Gasteiger partial charge in [-0.05, 0) is 39.0 Å². The summed E-state index contributed by atoms with van der Waals surface area (Å²) in [5.74, 6) is 1.75. The monoisotopic (exact) mass is 333 g/mol. The second-order valence-electron chi connectivity index (χ2n) is 5.57. The van der Waals surface area contributed by atoms with Crippen molar-refractivity contribution in [2.75, 3.05) is 13.1 Å². The van der Waals surface area contributed by atoms with Crippen LogP contribution in [0.25, 0.3) is 0 Å². The maximum Gasteiger partial charge on any atom is 0.191 e. The second kappa shape index (κ2) is 8.49. The van der Waals surface area contributed by atoms with E-state index in [-0.39, 0.29) is 18.2 Å². The summed E-state index contributed by atoms with van der Waals surface area (Å²) in [5.41, 5.74) is 0.242. The Labute approximate surface area is 141 Å². The van der Waals surface area contributed by atoms with Gasteiger partial charge in [-0.25, -0.2) is 4.39 Å².